The third-order valence-corrected chi connectivity index (χ3v) is 5.60. The minimum absolute atomic E-state index is 0.0514. The van der Waals surface area contributed by atoms with E-state index in [1.807, 2.05) is 0 Å². The van der Waals surface area contributed by atoms with Crippen molar-refractivity contribution in [2.75, 3.05) is 6.54 Å². The number of benzene rings is 2. The van der Waals surface area contributed by atoms with Crippen LogP contribution in [0.5, 0.6) is 0 Å². The molecule has 0 aliphatic carbocycles. The number of hydrogen-bond acceptors (Lipinski definition) is 5. The lowest BCUT2D eigenvalue weighted by Gasteiger charge is -2.32. The van der Waals surface area contributed by atoms with Gasteiger partial charge in [-0.05, 0) is 37.6 Å². The van der Waals surface area contributed by atoms with E-state index in [0.717, 1.165) is 9.80 Å². The molecule has 0 saturated heterocycles. The Bertz CT molecular complexity index is 1110. The number of fused-ring (bicyclic) bond motifs is 2. The number of carbonyl (C=O) groups is 5. The van der Waals surface area contributed by atoms with Gasteiger partial charge in [0.1, 0.15) is 5.54 Å². The summed E-state index contributed by atoms with van der Waals surface area (Å²) in [5.41, 5.74) is -0.861. The number of imide groups is 2. The number of carboxylic acid groups (broad SMARTS) is 1. The standard InChI is InChI=1S/C23H18N2O6/c1-23(22(30)31,25-20(28)16-10-4-5-11-17(16)21(25)29)12-6-7-13-24-18(26)14-8-2-3-9-15(14)19(24)27/h2-11H,12-13H2,1H3,(H,30,31)/b7-6+. The van der Waals surface area contributed by atoms with Crippen LogP contribution in [0.2, 0.25) is 0 Å². The molecule has 2 aromatic rings. The number of carboxylic acids is 1. The summed E-state index contributed by atoms with van der Waals surface area (Å²) in [5, 5.41) is 9.82. The number of hydrogen-bond donors (Lipinski definition) is 1. The number of rotatable bonds is 6. The van der Waals surface area contributed by atoms with Crippen molar-refractivity contribution in [2.24, 2.45) is 0 Å². The Morgan fingerprint density at radius 3 is 1.65 bits per heavy atom. The molecule has 0 spiro atoms. The number of amides is 4. The fourth-order valence-electron chi connectivity index (χ4n) is 3.81. The van der Waals surface area contributed by atoms with Gasteiger partial charge in [0.2, 0.25) is 0 Å². The van der Waals surface area contributed by atoms with Gasteiger partial charge in [-0.1, -0.05) is 36.4 Å². The molecule has 4 amide bonds. The smallest absolute Gasteiger partial charge is 0.330 e. The van der Waals surface area contributed by atoms with E-state index in [0.29, 0.717) is 11.1 Å². The molecule has 1 N–H and O–H groups in total. The summed E-state index contributed by atoms with van der Waals surface area (Å²) in [6, 6.07) is 12.7. The number of aliphatic carboxylic acids is 1. The van der Waals surface area contributed by atoms with E-state index in [2.05, 4.69) is 0 Å². The van der Waals surface area contributed by atoms with Crippen molar-refractivity contribution in [3.63, 3.8) is 0 Å². The Kier molecular flexibility index (Phi) is 4.77. The van der Waals surface area contributed by atoms with Gasteiger partial charge in [0, 0.05) is 6.54 Å². The topological polar surface area (TPSA) is 112 Å². The largest absolute Gasteiger partial charge is 0.479 e. The van der Waals surface area contributed by atoms with E-state index in [1.54, 1.807) is 36.4 Å². The molecular formula is C23H18N2O6. The van der Waals surface area contributed by atoms with Crippen LogP contribution in [0.3, 0.4) is 0 Å². The second-order valence-electron chi connectivity index (χ2n) is 7.51. The minimum atomic E-state index is -1.83. The Morgan fingerprint density at radius 2 is 1.23 bits per heavy atom. The van der Waals surface area contributed by atoms with Crippen LogP contribution < -0.4 is 0 Å². The van der Waals surface area contributed by atoms with Crippen LogP contribution in [0.1, 0.15) is 54.8 Å². The molecule has 0 bridgehead atoms. The van der Waals surface area contributed by atoms with Crippen LogP contribution in [-0.4, -0.2) is 56.6 Å². The van der Waals surface area contributed by atoms with Crippen molar-refractivity contribution < 1.29 is 29.1 Å². The molecule has 31 heavy (non-hydrogen) atoms. The van der Waals surface area contributed by atoms with Crippen LogP contribution in [0.25, 0.3) is 0 Å². The van der Waals surface area contributed by atoms with E-state index >= 15 is 0 Å². The van der Waals surface area contributed by atoms with Gasteiger partial charge in [0.25, 0.3) is 23.6 Å². The van der Waals surface area contributed by atoms with Crippen LogP contribution in [0, 0.1) is 0 Å². The number of carbonyl (C=O) groups excluding carboxylic acids is 4. The first-order valence-corrected chi connectivity index (χ1v) is 9.59. The predicted molar refractivity (Wildman–Crippen MR) is 109 cm³/mol. The predicted octanol–water partition coefficient (Wildman–Crippen LogP) is 2.37. The highest BCUT2D eigenvalue weighted by Gasteiger charge is 2.50. The molecule has 0 aromatic heterocycles. The summed E-state index contributed by atoms with van der Waals surface area (Å²) in [7, 11) is 0. The highest BCUT2D eigenvalue weighted by molar-refractivity contribution is 6.23. The van der Waals surface area contributed by atoms with Gasteiger partial charge in [-0.3, -0.25) is 29.0 Å². The molecule has 4 rings (SSSR count). The molecule has 2 aromatic carbocycles. The maximum Gasteiger partial charge on any atom is 0.330 e. The molecule has 2 aliphatic heterocycles. The average Bonchev–Trinajstić information content (AvgIpc) is 3.16. The molecule has 8 nitrogen and oxygen atoms in total. The zero-order chi connectivity index (χ0) is 22.3. The zero-order valence-electron chi connectivity index (χ0n) is 16.6. The lowest BCUT2D eigenvalue weighted by Crippen LogP contribution is -2.54. The summed E-state index contributed by atoms with van der Waals surface area (Å²) < 4.78 is 0. The van der Waals surface area contributed by atoms with Gasteiger partial charge in [-0.25, -0.2) is 4.79 Å². The second-order valence-corrected chi connectivity index (χ2v) is 7.51. The Balaban J connectivity index is 1.51. The van der Waals surface area contributed by atoms with Gasteiger partial charge >= 0.3 is 5.97 Å². The van der Waals surface area contributed by atoms with Crippen LogP contribution in [-0.2, 0) is 4.79 Å². The summed E-state index contributed by atoms with van der Waals surface area (Å²) in [4.78, 5) is 64.1. The highest BCUT2D eigenvalue weighted by Crippen LogP contribution is 2.32. The van der Waals surface area contributed by atoms with Gasteiger partial charge in [0.05, 0.1) is 22.3 Å². The van der Waals surface area contributed by atoms with E-state index in [4.69, 9.17) is 0 Å². The van der Waals surface area contributed by atoms with Gasteiger partial charge in [0.15, 0.2) is 0 Å². The summed E-state index contributed by atoms with van der Waals surface area (Å²) >= 11 is 0. The maximum absolute atomic E-state index is 12.7. The molecule has 2 aliphatic rings. The van der Waals surface area contributed by atoms with Crippen molar-refractivity contribution >= 4 is 29.6 Å². The fraction of sp³-hybridized carbons (Fsp3) is 0.174. The fourth-order valence-corrected chi connectivity index (χ4v) is 3.81. The van der Waals surface area contributed by atoms with E-state index in [9.17, 15) is 29.1 Å². The van der Waals surface area contributed by atoms with Crippen molar-refractivity contribution in [1.29, 1.82) is 0 Å². The second kappa shape index (κ2) is 7.32. The van der Waals surface area contributed by atoms with E-state index < -0.39 is 35.1 Å². The van der Waals surface area contributed by atoms with Crippen molar-refractivity contribution in [2.45, 2.75) is 18.9 Å². The first kappa shape index (κ1) is 20.2. The van der Waals surface area contributed by atoms with Crippen molar-refractivity contribution in [1.82, 2.24) is 9.80 Å². The third kappa shape index (κ3) is 3.04. The first-order chi connectivity index (χ1) is 14.8. The summed E-state index contributed by atoms with van der Waals surface area (Å²) in [6.07, 6.45) is 2.76. The molecule has 0 fully saturated rings. The van der Waals surface area contributed by atoms with E-state index in [-0.39, 0.29) is 24.1 Å². The average molecular weight is 418 g/mol. The molecule has 2 heterocycles. The van der Waals surface area contributed by atoms with Crippen molar-refractivity contribution in [3.05, 3.63) is 82.9 Å². The quantitative estimate of drug-likeness (QED) is 0.569. The molecule has 156 valence electrons. The Hall–Kier alpha value is -4.07. The van der Waals surface area contributed by atoms with Gasteiger partial charge in [-0.15, -0.1) is 0 Å². The Morgan fingerprint density at radius 1 is 0.806 bits per heavy atom. The summed E-state index contributed by atoms with van der Waals surface area (Å²) in [5.74, 6) is -3.52. The van der Waals surface area contributed by atoms with Crippen LogP contribution in [0.15, 0.2) is 60.7 Å². The lowest BCUT2D eigenvalue weighted by atomic mass is 9.95. The Labute approximate surface area is 177 Å². The van der Waals surface area contributed by atoms with E-state index in [1.165, 1.54) is 31.2 Å². The zero-order valence-corrected chi connectivity index (χ0v) is 16.6. The molecule has 0 saturated carbocycles. The van der Waals surface area contributed by atoms with Crippen LogP contribution in [0.4, 0.5) is 0 Å². The van der Waals surface area contributed by atoms with Crippen molar-refractivity contribution in [3.8, 4) is 0 Å². The monoisotopic (exact) mass is 418 g/mol. The molecule has 1 unspecified atom stereocenters. The molecule has 8 heteroatoms. The third-order valence-electron chi connectivity index (χ3n) is 5.60. The highest BCUT2D eigenvalue weighted by atomic mass is 16.4. The molecule has 0 radical (unpaired) electrons. The SMILES string of the molecule is CC(C/C=C/CN1C(=O)c2ccccc2C1=O)(C(=O)O)N1C(=O)c2ccccc2C1=O. The molecule has 1 atom stereocenters. The maximum atomic E-state index is 12.7. The summed E-state index contributed by atoms with van der Waals surface area (Å²) in [6.45, 7) is 1.24. The number of nitrogens with zero attached hydrogens (tertiary/aromatic N) is 2. The van der Waals surface area contributed by atoms with Crippen LogP contribution >= 0.6 is 0 Å². The molecular weight excluding hydrogens is 400 g/mol. The van der Waals surface area contributed by atoms with Gasteiger partial charge in [-0.2, -0.15) is 0 Å². The normalized spacial score (nSPS) is 17.3. The minimum Gasteiger partial charge on any atom is -0.479 e. The first-order valence-electron chi connectivity index (χ1n) is 9.59. The lowest BCUT2D eigenvalue weighted by molar-refractivity contribution is -0.147. The van der Waals surface area contributed by atoms with Gasteiger partial charge < -0.3 is 5.11 Å².